The van der Waals surface area contributed by atoms with Gasteiger partial charge in [0.25, 0.3) is 0 Å². The van der Waals surface area contributed by atoms with Crippen LogP contribution in [0.5, 0.6) is 0 Å². The minimum Gasteiger partial charge on any atom is -0.478 e. The maximum Gasteiger partial charge on any atom is 0.416 e. The number of sulfonamides is 1. The van der Waals surface area contributed by atoms with Gasteiger partial charge in [-0.15, -0.1) is 11.3 Å². The van der Waals surface area contributed by atoms with Crippen molar-refractivity contribution >= 4 is 27.3 Å². The molecule has 6 nitrogen and oxygen atoms in total. The predicted octanol–water partition coefficient (Wildman–Crippen LogP) is 5.73. The van der Waals surface area contributed by atoms with Gasteiger partial charge in [-0.1, -0.05) is 39.0 Å². The molecule has 3 rings (SSSR count). The van der Waals surface area contributed by atoms with E-state index in [0.29, 0.717) is 28.2 Å². The first-order valence-corrected chi connectivity index (χ1v) is 13.2. The Labute approximate surface area is 205 Å². The molecule has 0 aliphatic rings. The van der Waals surface area contributed by atoms with Gasteiger partial charge < -0.3 is 5.11 Å². The zero-order valence-corrected chi connectivity index (χ0v) is 20.9. The van der Waals surface area contributed by atoms with Crippen molar-refractivity contribution in [3.63, 3.8) is 0 Å². The second-order valence-electron chi connectivity index (χ2n) is 8.17. The third-order valence-electron chi connectivity index (χ3n) is 5.40. The Morgan fingerprint density at radius 3 is 2.34 bits per heavy atom. The van der Waals surface area contributed by atoms with Crippen LogP contribution in [0.15, 0.2) is 47.4 Å². The maximum atomic E-state index is 12.8. The lowest BCUT2D eigenvalue weighted by Gasteiger charge is -2.12. The molecular weight excluding hydrogens is 501 g/mol. The van der Waals surface area contributed by atoms with E-state index in [1.165, 1.54) is 35.6 Å². The lowest BCUT2D eigenvalue weighted by atomic mass is 9.97. The number of nitrogens with zero attached hydrogens (tertiary/aromatic N) is 1. The van der Waals surface area contributed by atoms with Gasteiger partial charge in [0, 0.05) is 23.4 Å². The van der Waals surface area contributed by atoms with Crippen molar-refractivity contribution in [3.8, 4) is 10.6 Å². The lowest BCUT2D eigenvalue weighted by Crippen LogP contribution is -2.26. The van der Waals surface area contributed by atoms with Crippen molar-refractivity contribution < 1.29 is 31.5 Å². The van der Waals surface area contributed by atoms with E-state index in [0.717, 1.165) is 23.1 Å². The van der Waals surface area contributed by atoms with Gasteiger partial charge in [0.05, 0.1) is 21.7 Å². The molecule has 0 atom stereocenters. The summed E-state index contributed by atoms with van der Waals surface area (Å²) >= 11 is 1.35. The van der Waals surface area contributed by atoms with Crippen molar-refractivity contribution in [1.29, 1.82) is 0 Å². The van der Waals surface area contributed by atoms with Crippen LogP contribution < -0.4 is 4.72 Å². The van der Waals surface area contributed by atoms with Gasteiger partial charge in [-0.3, -0.25) is 0 Å². The SMILES string of the molecule is CCc1sc(-c2ccc(C(F)(F)F)cc2)nc1CCNS(=O)(=O)c1ccc(C(C)C)c(C(=O)O)c1. The summed E-state index contributed by atoms with van der Waals surface area (Å²) in [5.74, 6) is -1.28. The monoisotopic (exact) mass is 526 g/mol. The second-order valence-corrected chi connectivity index (χ2v) is 11.0. The van der Waals surface area contributed by atoms with Crippen LogP contribution in [-0.4, -0.2) is 31.0 Å². The summed E-state index contributed by atoms with van der Waals surface area (Å²) in [6.45, 7) is 5.60. The van der Waals surface area contributed by atoms with Gasteiger partial charge in [0.15, 0.2) is 0 Å². The molecule has 0 radical (unpaired) electrons. The van der Waals surface area contributed by atoms with Gasteiger partial charge >= 0.3 is 12.1 Å². The van der Waals surface area contributed by atoms with Crippen molar-refractivity contribution in [1.82, 2.24) is 9.71 Å². The molecule has 35 heavy (non-hydrogen) atoms. The number of nitrogens with one attached hydrogen (secondary N) is 1. The summed E-state index contributed by atoms with van der Waals surface area (Å²) in [4.78, 5) is 16.9. The summed E-state index contributed by atoms with van der Waals surface area (Å²) < 4.78 is 66.5. The van der Waals surface area contributed by atoms with Crippen LogP contribution >= 0.6 is 11.3 Å². The molecule has 11 heteroatoms. The maximum absolute atomic E-state index is 12.8. The van der Waals surface area contributed by atoms with Crippen LogP contribution in [0, 0.1) is 0 Å². The molecule has 2 aromatic carbocycles. The molecule has 1 heterocycles. The van der Waals surface area contributed by atoms with E-state index in [2.05, 4.69) is 9.71 Å². The predicted molar refractivity (Wildman–Crippen MR) is 128 cm³/mol. The lowest BCUT2D eigenvalue weighted by molar-refractivity contribution is -0.137. The highest BCUT2D eigenvalue weighted by molar-refractivity contribution is 7.89. The molecule has 0 saturated heterocycles. The molecule has 0 fully saturated rings. The Balaban J connectivity index is 1.75. The Morgan fingerprint density at radius 1 is 1.14 bits per heavy atom. The summed E-state index contributed by atoms with van der Waals surface area (Å²) in [6, 6.07) is 8.80. The molecule has 0 amide bonds. The van der Waals surface area contributed by atoms with E-state index in [1.807, 2.05) is 20.8 Å². The normalized spacial score (nSPS) is 12.3. The fourth-order valence-corrected chi connectivity index (χ4v) is 5.67. The molecule has 0 spiro atoms. The Hall–Kier alpha value is -2.76. The fraction of sp³-hybridized carbons (Fsp3) is 0.333. The number of halogens is 3. The molecule has 0 aliphatic carbocycles. The summed E-state index contributed by atoms with van der Waals surface area (Å²) in [6.07, 6.45) is -3.51. The average molecular weight is 527 g/mol. The summed E-state index contributed by atoms with van der Waals surface area (Å²) in [5, 5.41) is 10.0. The Kier molecular flexibility index (Phi) is 8.03. The minimum absolute atomic E-state index is 0.0276. The molecule has 0 bridgehead atoms. The molecule has 3 aromatic rings. The van der Waals surface area contributed by atoms with Crippen molar-refractivity contribution in [2.75, 3.05) is 6.54 Å². The fourth-order valence-electron chi connectivity index (χ4n) is 3.56. The van der Waals surface area contributed by atoms with Crippen LogP contribution in [0.2, 0.25) is 0 Å². The van der Waals surface area contributed by atoms with E-state index in [9.17, 15) is 31.5 Å². The number of thiazole rings is 1. The first-order valence-electron chi connectivity index (χ1n) is 10.9. The van der Waals surface area contributed by atoms with Gasteiger partial charge in [-0.2, -0.15) is 13.2 Å². The Bertz CT molecular complexity index is 1320. The number of aromatic nitrogens is 1. The highest BCUT2D eigenvalue weighted by Crippen LogP contribution is 2.33. The third-order valence-corrected chi connectivity index (χ3v) is 8.15. The molecule has 2 N–H and O–H groups in total. The first-order chi connectivity index (χ1) is 16.3. The number of alkyl halides is 3. The number of hydrogen-bond acceptors (Lipinski definition) is 5. The molecule has 0 aliphatic heterocycles. The summed E-state index contributed by atoms with van der Waals surface area (Å²) in [7, 11) is -3.96. The van der Waals surface area contributed by atoms with Crippen LogP contribution in [0.1, 0.15) is 58.7 Å². The van der Waals surface area contributed by atoms with Crippen molar-refractivity contribution in [3.05, 3.63) is 69.7 Å². The molecule has 188 valence electrons. The Morgan fingerprint density at radius 2 is 1.80 bits per heavy atom. The van der Waals surface area contributed by atoms with Crippen LogP contribution in [0.4, 0.5) is 13.2 Å². The van der Waals surface area contributed by atoms with Gasteiger partial charge in [-0.05, 0) is 42.2 Å². The molecule has 0 saturated carbocycles. The third kappa shape index (κ3) is 6.28. The number of aromatic carboxylic acids is 1. The largest absolute Gasteiger partial charge is 0.478 e. The quantitative estimate of drug-likeness (QED) is 0.371. The molecule has 1 aromatic heterocycles. The highest BCUT2D eigenvalue weighted by atomic mass is 32.2. The summed E-state index contributed by atoms with van der Waals surface area (Å²) in [5.41, 5.74) is 0.960. The average Bonchev–Trinajstić information content (AvgIpc) is 3.21. The number of aryl methyl sites for hydroxylation is 1. The van der Waals surface area contributed by atoms with Crippen molar-refractivity contribution in [2.45, 2.75) is 50.6 Å². The number of carbonyl (C=O) groups is 1. The van der Waals surface area contributed by atoms with Gasteiger partial charge in [0.1, 0.15) is 5.01 Å². The number of hydrogen-bond donors (Lipinski definition) is 2. The number of carboxylic acids is 1. The standard InChI is InChI=1S/C24H25F3N2O4S2/c1-4-21-20(29-22(34-21)15-5-7-16(8-6-15)24(25,26)27)11-12-28-35(32,33)17-9-10-18(14(2)3)19(13-17)23(30)31/h5-10,13-14,28H,4,11-12H2,1-3H3,(H,30,31). The minimum atomic E-state index is -4.42. The van der Waals surface area contributed by atoms with E-state index in [1.54, 1.807) is 0 Å². The van der Waals surface area contributed by atoms with E-state index < -0.39 is 27.7 Å². The number of rotatable bonds is 9. The second kappa shape index (κ2) is 10.5. The van der Waals surface area contributed by atoms with E-state index in [4.69, 9.17) is 0 Å². The zero-order valence-electron chi connectivity index (χ0n) is 19.3. The zero-order chi connectivity index (χ0) is 26.0. The first kappa shape index (κ1) is 26.8. The topological polar surface area (TPSA) is 96.4 Å². The molecule has 0 unspecified atom stereocenters. The van der Waals surface area contributed by atoms with Crippen LogP contribution in [0.3, 0.4) is 0 Å². The van der Waals surface area contributed by atoms with Crippen molar-refractivity contribution in [2.24, 2.45) is 0 Å². The van der Waals surface area contributed by atoms with E-state index in [-0.39, 0.29) is 29.3 Å². The van der Waals surface area contributed by atoms with Gasteiger partial charge in [0.2, 0.25) is 10.0 Å². The number of benzene rings is 2. The molecular formula is C24H25F3N2O4S2. The highest BCUT2D eigenvalue weighted by Gasteiger charge is 2.30. The van der Waals surface area contributed by atoms with E-state index >= 15 is 0 Å². The van der Waals surface area contributed by atoms with Crippen LogP contribution in [-0.2, 0) is 29.0 Å². The smallest absolute Gasteiger partial charge is 0.416 e. The van der Waals surface area contributed by atoms with Gasteiger partial charge in [-0.25, -0.2) is 22.9 Å². The number of carboxylic acid groups (broad SMARTS) is 1. The van der Waals surface area contributed by atoms with Crippen LogP contribution in [0.25, 0.3) is 10.6 Å².